The monoisotopic (exact) mass is 267 g/mol. The average Bonchev–Trinajstić information content (AvgIpc) is 2.82. The number of nitrogens with one attached hydrogen (secondary N) is 1. The van der Waals surface area contributed by atoms with E-state index in [9.17, 15) is 4.79 Å². The van der Waals surface area contributed by atoms with Gasteiger partial charge in [0.1, 0.15) is 5.01 Å². The number of hydrogen-bond acceptors (Lipinski definition) is 5. The molecular formula is C12H17N3O2S. The Balaban J connectivity index is 1.64. The van der Waals surface area contributed by atoms with E-state index in [2.05, 4.69) is 10.3 Å². The van der Waals surface area contributed by atoms with E-state index in [0.29, 0.717) is 32.7 Å². The molecule has 1 saturated heterocycles. The van der Waals surface area contributed by atoms with Gasteiger partial charge in [0, 0.05) is 37.5 Å². The Morgan fingerprint density at radius 2 is 2.28 bits per heavy atom. The fraction of sp³-hybridized carbons (Fsp3) is 0.667. The molecule has 0 saturated carbocycles. The first kappa shape index (κ1) is 12.1. The fourth-order valence-electron chi connectivity index (χ4n) is 2.31. The number of ether oxygens (including phenoxy) is 1. The minimum atomic E-state index is 0.178. The lowest BCUT2D eigenvalue weighted by Crippen LogP contribution is -2.41. The summed E-state index contributed by atoms with van der Waals surface area (Å²) in [5.74, 6) is 0.178. The maximum atomic E-state index is 12.1. The van der Waals surface area contributed by atoms with Gasteiger partial charge in [0.05, 0.1) is 25.3 Å². The highest BCUT2D eigenvalue weighted by atomic mass is 32.1. The van der Waals surface area contributed by atoms with Crippen LogP contribution < -0.4 is 5.32 Å². The second kappa shape index (κ2) is 5.34. The van der Waals surface area contributed by atoms with Crippen LogP contribution in [0.4, 0.5) is 0 Å². The maximum Gasteiger partial charge on any atom is 0.229 e. The Hall–Kier alpha value is -0.980. The van der Waals surface area contributed by atoms with E-state index >= 15 is 0 Å². The minimum absolute atomic E-state index is 0.178. The van der Waals surface area contributed by atoms with E-state index in [1.165, 1.54) is 10.6 Å². The summed E-state index contributed by atoms with van der Waals surface area (Å²) >= 11 is 1.68. The molecule has 6 heteroatoms. The summed E-state index contributed by atoms with van der Waals surface area (Å²) in [7, 11) is 0. The number of fused-ring (bicyclic) bond motifs is 1. The third-order valence-electron chi connectivity index (χ3n) is 3.31. The number of carbonyl (C=O) groups is 1. The third-order valence-corrected chi connectivity index (χ3v) is 4.41. The zero-order valence-electron chi connectivity index (χ0n) is 10.3. The van der Waals surface area contributed by atoms with Gasteiger partial charge in [0.25, 0.3) is 0 Å². The van der Waals surface area contributed by atoms with Crippen molar-refractivity contribution in [2.24, 2.45) is 0 Å². The molecule has 1 amide bonds. The molecule has 0 aliphatic carbocycles. The molecule has 1 fully saturated rings. The highest BCUT2D eigenvalue weighted by Crippen LogP contribution is 2.22. The molecule has 1 N–H and O–H groups in total. The van der Waals surface area contributed by atoms with Crippen LogP contribution in [-0.2, 0) is 28.9 Å². The highest BCUT2D eigenvalue weighted by Gasteiger charge is 2.20. The van der Waals surface area contributed by atoms with Crippen molar-refractivity contribution in [1.29, 1.82) is 0 Å². The van der Waals surface area contributed by atoms with Crippen LogP contribution in [0.5, 0.6) is 0 Å². The zero-order chi connectivity index (χ0) is 12.4. The van der Waals surface area contributed by atoms with Gasteiger partial charge in [-0.2, -0.15) is 0 Å². The van der Waals surface area contributed by atoms with Crippen molar-refractivity contribution >= 4 is 17.2 Å². The second-order valence-corrected chi connectivity index (χ2v) is 5.74. The van der Waals surface area contributed by atoms with E-state index in [-0.39, 0.29) is 5.91 Å². The summed E-state index contributed by atoms with van der Waals surface area (Å²) in [5.41, 5.74) is 1.18. The first-order valence-corrected chi connectivity index (χ1v) is 7.18. The van der Waals surface area contributed by atoms with Gasteiger partial charge < -0.3 is 15.0 Å². The number of amides is 1. The van der Waals surface area contributed by atoms with Gasteiger partial charge in [0.2, 0.25) is 5.91 Å². The summed E-state index contributed by atoms with van der Waals surface area (Å²) in [6.07, 6.45) is 1.43. The molecule has 2 aliphatic rings. The van der Waals surface area contributed by atoms with Crippen molar-refractivity contribution in [3.05, 3.63) is 15.6 Å². The molecule has 0 unspecified atom stereocenters. The van der Waals surface area contributed by atoms with Crippen LogP contribution in [0, 0.1) is 0 Å². The molecule has 0 aromatic carbocycles. The van der Waals surface area contributed by atoms with Crippen LogP contribution in [0.3, 0.4) is 0 Å². The van der Waals surface area contributed by atoms with Crippen molar-refractivity contribution < 1.29 is 9.53 Å². The SMILES string of the molecule is O=C(Cc1nc2c(s1)CNCC2)N1CCOCC1. The molecule has 0 atom stereocenters. The van der Waals surface area contributed by atoms with Gasteiger partial charge in [-0.1, -0.05) is 0 Å². The summed E-state index contributed by atoms with van der Waals surface area (Å²) in [6.45, 7) is 4.64. The van der Waals surface area contributed by atoms with E-state index in [0.717, 1.165) is 24.5 Å². The largest absolute Gasteiger partial charge is 0.378 e. The average molecular weight is 267 g/mol. The smallest absolute Gasteiger partial charge is 0.229 e. The van der Waals surface area contributed by atoms with Crippen LogP contribution in [0.1, 0.15) is 15.6 Å². The van der Waals surface area contributed by atoms with Gasteiger partial charge in [-0.25, -0.2) is 4.98 Å². The summed E-state index contributed by atoms with van der Waals surface area (Å²) in [4.78, 5) is 19.9. The molecule has 18 heavy (non-hydrogen) atoms. The van der Waals surface area contributed by atoms with Gasteiger partial charge in [-0.05, 0) is 0 Å². The van der Waals surface area contributed by atoms with E-state index in [1.54, 1.807) is 11.3 Å². The van der Waals surface area contributed by atoms with Crippen molar-refractivity contribution in [2.75, 3.05) is 32.8 Å². The number of rotatable bonds is 2. The summed E-state index contributed by atoms with van der Waals surface area (Å²) in [5, 5.41) is 4.29. The van der Waals surface area contributed by atoms with Crippen LogP contribution in [0.25, 0.3) is 0 Å². The Morgan fingerprint density at radius 3 is 3.06 bits per heavy atom. The Labute approximate surface area is 110 Å². The first-order valence-electron chi connectivity index (χ1n) is 6.36. The van der Waals surface area contributed by atoms with Gasteiger partial charge in [0.15, 0.2) is 0 Å². The summed E-state index contributed by atoms with van der Waals surface area (Å²) in [6, 6.07) is 0. The molecule has 2 aliphatic heterocycles. The Kier molecular flexibility index (Phi) is 3.58. The third kappa shape index (κ3) is 2.55. The second-order valence-electron chi connectivity index (χ2n) is 4.57. The molecule has 1 aromatic rings. The molecular weight excluding hydrogens is 250 g/mol. The molecule has 0 bridgehead atoms. The van der Waals surface area contributed by atoms with Crippen molar-refractivity contribution in [3.8, 4) is 0 Å². The molecule has 1 aromatic heterocycles. The number of carbonyl (C=O) groups excluding carboxylic acids is 1. The number of nitrogens with zero attached hydrogens (tertiary/aromatic N) is 2. The van der Waals surface area contributed by atoms with Gasteiger partial charge in [-0.15, -0.1) is 11.3 Å². The van der Waals surface area contributed by atoms with Crippen molar-refractivity contribution in [3.63, 3.8) is 0 Å². The minimum Gasteiger partial charge on any atom is -0.378 e. The molecule has 5 nitrogen and oxygen atoms in total. The summed E-state index contributed by atoms with van der Waals surface area (Å²) < 4.78 is 5.25. The van der Waals surface area contributed by atoms with E-state index in [4.69, 9.17) is 4.74 Å². The van der Waals surface area contributed by atoms with Crippen LogP contribution in [0.15, 0.2) is 0 Å². The predicted octanol–water partition coefficient (Wildman–Crippen LogP) is 0.190. The highest BCUT2D eigenvalue weighted by molar-refractivity contribution is 7.11. The lowest BCUT2D eigenvalue weighted by Gasteiger charge is -2.26. The van der Waals surface area contributed by atoms with E-state index < -0.39 is 0 Å². The number of morpholine rings is 1. The zero-order valence-corrected chi connectivity index (χ0v) is 11.1. The predicted molar refractivity (Wildman–Crippen MR) is 68.6 cm³/mol. The topological polar surface area (TPSA) is 54.5 Å². The lowest BCUT2D eigenvalue weighted by molar-refractivity contribution is -0.134. The molecule has 0 radical (unpaired) electrons. The fourth-order valence-corrected chi connectivity index (χ4v) is 3.38. The van der Waals surface area contributed by atoms with Crippen LogP contribution >= 0.6 is 11.3 Å². The standard InChI is InChI=1S/C12H17N3O2S/c16-12(15-3-5-17-6-4-15)7-11-14-9-1-2-13-8-10(9)18-11/h13H,1-8H2. The maximum absolute atomic E-state index is 12.1. The molecule has 3 rings (SSSR count). The number of aromatic nitrogens is 1. The Bertz CT molecular complexity index is 417. The van der Waals surface area contributed by atoms with Crippen molar-refractivity contribution in [1.82, 2.24) is 15.2 Å². The lowest BCUT2D eigenvalue weighted by atomic mass is 10.2. The number of hydrogen-bond donors (Lipinski definition) is 1. The van der Waals surface area contributed by atoms with Crippen molar-refractivity contribution in [2.45, 2.75) is 19.4 Å². The normalized spacial score (nSPS) is 19.7. The molecule has 0 spiro atoms. The number of thiazole rings is 1. The van der Waals surface area contributed by atoms with Gasteiger partial charge >= 0.3 is 0 Å². The van der Waals surface area contributed by atoms with Crippen LogP contribution in [-0.4, -0.2) is 48.6 Å². The molecule has 3 heterocycles. The van der Waals surface area contributed by atoms with Gasteiger partial charge in [-0.3, -0.25) is 4.79 Å². The molecule has 98 valence electrons. The van der Waals surface area contributed by atoms with E-state index in [1.807, 2.05) is 4.90 Å². The quantitative estimate of drug-likeness (QED) is 0.831. The van der Waals surface area contributed by atoms with Crippen LogP contribution in [0.2, 0.25) is 0 Å². The Morgan fingerprint density at radius 1 is 1.44 bits per heavy atom. The first-order chi connectivity index (χ1) is 8.83.